The van der Waals surface area contributed by atoms with E-state index in [1.165, 1.54) is 44.6 Å². The Kier molecular flexibility index (Phi) is 4.18. The smallest absolute Gasteiger partial charge is 0.128 e. The first-order valence-corrected chi connectivity index (χ1v) is 8.19. The summed E-state index contributed by atoms with van der Waals surface area (Å²) in [6, 6.07) is 4.87. The Morgan fingerprint density at radius 3 is 2.86 bits per heavy atom. The molecule has 4 nitrogen and oxygen atoms in total. The fourth-order valence-electron chi connectivity index (χ4n) is 3.55. The van der Waals surface area contributed by atoms with E-state index in [4.69, 9.17) is 0 Å². The van der Waals surface area contributed by atoms with Crippen molar-refractivity contribution in [2.45, 2.75) is 39.3 Å². The van der Waals surface area contributed by atoms with Gasteiger partial charge in [0.15, 0.2) is 0 Å². The van der Waals surface area contributed by atoms with E-state index in [1.807, 2.05) is 6.20 Å². The number of likely N-dealkylation sites (tertiary alicyclic amines) is 1. The lowest BCUT2D eigenvalue weighted by atomic mass is 9.87. The van der Waals surface area contributed by atoms with Gasteiger partial charge in [0, 0.05) is 38.9 Å². The van der Waals surface area contributed by atoms with E-state index < -0.39 is 0 Å². The quantitative estimate of drug-likeness (QED) is 0.919. The fourth-order valence-corrected chi connectivity index (χ4v) is 3.55. The molecule has 1 aromatic rings. The highest BCUT2D eigenvalue weighted by molar-refractivity contribution is 5.39. The second kappa shape index (κ2) is 5.93. The van der Waals surface area contributed by atoms with E-state index in [1.54, 1.807) is 0 Å². The van der Waals surface area contributed by atoms with Crippen LogP contribution >= 0.6 is 0 Å². The fraction of sp³-hybridized carbons (Fsp3) is 0.706. The van der Waals surface area contributed by atoms with Crippen LogP contribution in [0, 0.1) is 5.41 Å². The summed E-state index contributed by atoms with van der Waals surface area (Å²) in [5.41, 5.74) is 1.89. The topological polar surface area (TPSA) is 31.4 Å². The van der Waals surface area contributed by atoms with E-state index in [0.29, 0.717) is 11.5 Å². The maximum atomic E-state index is 4.62. The molecular formula is C17H28N4. The average molecular weight is 288 g/mol. The van der Waals surface area contributed by atoms with Crippen LogP contribution in [0.15, 0.2) is 18.3 Å². The number of aromatic nitrogens is 1. The van der Waals surface area contributed by atoms with Crippen molar-refractivity contribution in [1.29, 1.82) is 0 Å². The third kappa shape index (κ3) is 3.22. The van der Waals surface area contributed by atoms with Gasteiger partial charge in [0.25, 0.3) is 0 Å². The predicted molar refractivity (Wildman–Crippen MR) is 87.6 cm³/mol. The van der Waals surface area contributed by atoms with Gasteiger partial charge in [-0.25, -0.2) is 4.98 Å². The molecule has 2 saturated heterocycles. The number of pyridine rings is 1. The molecule has 116 valence electrons. The van der Waals surface area contributed by atoms with Crippen LogP contribution < -0.4 is 10.2 Å². The van der Waals surface area contributed by atoms with Gasteiger partial charge in [0.05, 0.1) is 0 Å². The minimum absolute atomic E-state index is 0.483. The second-order valence-electron chi connectivity index (χ2n) is 7.12. The van der Waals surface area contributed by atoms with Crippen molar-refractivity contribution in [3.63, 3.8) is 0 Å². The van der Waals surface area contributed by atoms with Gasteiger partial charge in [-0.3, -0.25) is 4.90 Å². The van der Waals surface area contributed by atoms with Crippen LogP contribution in [0.3, 0.4) is 0 Å². The second-order valence-corrected chi connectivity index (χ2v) is 7.12. The zero-order valence-electron chi connectivity index (χ0n) is 13.6. The molecule has 0 saturated carbocycles. The highest BCUT2D eigenvalue weighted by Crippen LogP contribution is 2.36. The zero-order chi connectivity index (χ0) is 14.9. The molecule has 2 aliphatic rings. The first-order chi connectivity index (χ1) is 10.1. The predicted octanol–water partition coefficient (Wildman–Crippen LogP) is 2.11. The highest BCUT2D eigenvalue weighted by Gasteiger charge is 2.39. The summed E-state index contributed by atoms with van der Waals surface area (Å²) >= 11 is 0. The first kappa shape index (κ1) is 14.8. The van der Waals surface area contributed by atoms with Crippen LogP contribution in [0.2, 0.25) is 0 Å². The molecule has 2 aliphatic heterocycles. The molecule has 2 fully saturated rings. The molecule has 1 aromatic heterocycles. The minimum Gasteiger partial charge on any atom is -0.357 e. The summed E-state index contributed by atoms with van der Waals surface area (Å²) in [6.45, 7) is 10.3. The summed E-state index contributed by atoms with van der Waals surface area (Å²) in [5, 5.41) is 3.53. The van der Waals surface area contributed by atoms with Crippen LogP contribution in [-0.4, -0.2) is 49.2 Å². The molecule has 4 heteroatoms. The van der Waals surface area contributed by atoms with E-state index in [-0.39, 0.29) is 0 Å². The van der Waals surface area contributed by atoms with Gasteiger partial charge in [-0.1, -0.05) is 6.07 Å². The first-order valence-electron chi connectivity index (χ1n) is 8.19. The Morgan fingerprint density at radius 2 is 2.24 bits per heavy atom. The van der Waals surface area contributed by atoms with Crippen molar-refractivity contribution in [2.75, 3.05) is 38.1 Å². The van der Waals surface area contributed by atoms with Crippen molar-refractivity contribution >= 4 is 5.82 Å². The minimum atomic E-state index is 0.483. The third-order valence-corrected chi connectivity index (χ3v) is 5.20. The summed E-state index contributed by atoms with van der Waals surface area (Å²) in [6.07, 6.45) is 4.74. The highest BCUT2D eigenvalue weighted by atomic mass is 15.2. The van der Waals surface area contributed by atoms with Crippen molar-refractivity contribution < 1.29 is 0 Å². The van der Waals surface area contributed by atoms with Gasteiger partial charge in [0.1, 0.15) is 5.82 Å². The lowest BCUT2D eigenvalue weighted by Gasteiger charge is -2.24. The summed E-state index contributed by atoms with van der Waals surface area (Å²) in [5.74, 6) is 1.06. The zero-order valence-corrected chi connectivity index (χ0v) is 13.6. The number of nitrogens with one attached hydrogen (secondary N) is 1. The molecule has 0 radical (unpaired) electrons. The SMILES string of the molecule is CC(C)N(C)c1ccc(CN2CCC3(CCNC3)C2)cn1. The molecule has 0 aromatic carbocycles. The largest absolute Gasteiger partial charge is 0.357 e. The molecular weight excluding hydrogens is 260 g/mol. The Morgan fingerprint density at radius 1 is 1.38 bits per heavy atom. The van der Waals surface area contributed by atoms with Gasteiger partial charge in [-0.15, -0.1) is 0 Å². The molecule has 1 N–H and O–H groups in total. The van der Waals surface area contributed by atoms with Crippen LogP contribution in [-0.2, 0) is 6.54 Å². The normalized spacial score (nSPS) is 26.1. The molecule has 3 heterocycles. The maximum Gasteiger partial charge on any atom is 0.128 e. The number of hydrogen-bond acceptors (Lipinski definition) is 4. The van der Waals surface area contributed by atoms with Crippen molar-refractivity contribution in [1.82, 2.24) is 15.2 Å². The van der Waals surface area contributed by atoms with Crippen molar-refractivity contribution in [2.24, 2.45) is 5.41 Å². The number of rotatable bonds is 4. The number of hydrogen-bond donors (Lipinski definition) is 1. The summed E-state index contributed by atoms with van der Waals surface area (Å²) in [7, 11) is 2.10. The van der Waals surface area contributed by atoms with Gasteiger partial charge in [0.2, 0.25) is 0 Å². The van der Waals surface area contributed by atoms with Crippen LogP contribution in [0.25, 0.3) is 0 Å². The molecule has 0 amide bonds. The number of nitrogens with zero attached hydrogens (tertiary/aromatic N) is 3. The van der Waals surface area contributed by atoms with Crippen LogP contribution in [0.1, 0.15) is 32.3 Å². The lowest BCUT2D eigenvalue weighted by Crippen LogP contribution is -2.29. The van der Waals surface area contributed by atoms with Crippen LogP contribution in [0.5, 0.6) is 0 Å². The van der Waals surface area contributed by atoms with Crippen LogP contribution in [0.4, 0.5) is 5.82 Å². The van der Waals surface area contributed by atoms with Gasteiger partial charge >= 0.3 is 0 Å². The molecule has 1 spiro atoms. The van der Waals surface area contributed by atoms with E-state index in [2.05, 4.69) is 53.1 Å². The van der Waals surface area contributed by atoms with Gasteiger partial charge in [-0.2, -0.15) is 0 Å². The molecule has 1 unspecified atom stereocenters. The standard InChI is InChI=1S/C17H28N4/c1-14(2)20(3)16-5-4-15(10-19-16)11-21-9-7-17(13-21)6-8-18-12-17/h4-5,10,14,18H,6-9,11-13H2,1-3H3. The molecule has 0 aliphatic carbocycles. The summed E-state index contributed by atoms with van der Waals surface area (Å²) < 4.78 is 0. The van der Waals surface area contributed by atoms with Crippen molar-refractivity contribution in [3.8, 4) is 0 Å². The van der Waals surface area contributed by atoms with Gasteiger partial charge < -0.3 is 10.2 Å². The maximum absolute atomic E-state index is 4.62. The van der Waals surface area contributed by atoms with E-state index in [9.17, 15) is 0 Å². The number of anilines is 1. The molecule has 21 heavy (non-hydrogen) atoms. The Balaban J connectivity index is 1.58. The Labute approximate surface area is 128 Å². The molecule has 0 bridgehead atoms. The summed E-state index contributed by atoms with van der Waals surface area (Å²) in [4.78, 5) is 9.42. The van der Waals surface area contributed by atoms with E-state index >= 15 is 0 Å². The molecule has 1 atom stereocenters. The van der Waals surface area contributed by atoms with Gasteiger partial charge in [-0.05, 0) is 56.8 Å². The molecule has 3 rings (SSSR count). The monoisotopic (exact) mass is 288 g/mol. The average Bonchev–Trinajstić information content (AvgIpc) is 3.09. The Hall–Kier alpha value is -1.13. The Bertz CT molecular complexity index is 462. The lowest BCUT2D eigenvalue weighted by molar-refractivity contribution is 0.268. The van der Waals surface area contributed by atoms with Crippen molar-refractivity contribution in [3.05, 3.63) is 23.9 Å². The van der Waals surface area contributed by atoms with E-state index in [0.717, 1.165) is 12.4 Å². The third-order valence-electron chi connectivity index (χ3n) is 5.20.